The Morgan fingerprint density at radius 2 is 1.88 bits per heavy atom. The van der Waals surface area contributed by atoms with E-state index in [1.165, 1.54) is 12.1 Å². The lowest BCUT2D eigenvalue weighted by Crippen LogP contribution is -2.29. The number of hydrogen-bond donors (Lipinski definition) is 2. The van der Waals surface area contributed by atoms with Gasteiger partial charge in [-0.05, 0) is 72.9 Å². The van der Waals surface area contributed by atoms with E-state index in [1.807, 2.05) is 25.1 Å². The molecule has 3 aromatic carbocycles. The largest absolute Gasteiger partial charge is 0.492 e. The quantitative estimate of drug-likeness (QED) is 0.449. The normalized spacial score (nSPS) is 21.1. The number of allylic oxidation sites excluding steroid dienone is 2. The van der Waals surface area contributed by atoms with E-state index in [-0.39, 0.29) is 28.6 Å². The van der Waals surface area contributed by atoms with E-state index in [0.29, 0.717) is 18.0 Å². The van der Waals surface area contributed by atoms with Crippen LogP contribution < -0.4 is 14.8 Å². The van der Waals surface area contributed by atoms with E-state index in [9.17, 15) is 12.8 Å². The molecule has 1 aliphatic heterocycles. The average Bonchev–Trinajstić information content (AvgIpc) is 3.30. The maximum atomic E-state index is 13.4. The van der Waals surface area contributed by atoms with Gasteiger partial charge in [-0.15, -0.1) is 0 Å². The zero-order valence-corrected chi connectivity index (χ0v) is 19.0. The van der Waals surface area contributed by atoms with Crippen molar-refractivity contribution in [2.45, 2.75) is 30.2 Å². The first-order valence-corrected chi connectivity index (χ1v) is 12.5. The highest BCUT2D eigenvalue weighted by Gasteiger charge is 2.38. The zero-order valence-electron chi connectivity index (χ0n) is 18.2. The van der Waals surface area contributed by atoms with Crippen LogP contribution in [0.15, 0.2) is 83.8 Å². The number of nitrogens with one attached hydrogen (secondary N) is 2. The van der Waals surface area contributed by atoms with E-state index >= 15 is 0 Å². The Hall–Kier alpha value is -3.32. The number of halogens is 1. The molecule has 5 rings (SSSR count). The van der Waals surface area contributed by atoms with E-state index in [0.717, 1.165) is 23.2 Å². The Balaban J connectivity index is 1.47. The molecular formula is C26H25FN2O3S. The van der Waals surface area contributed by atoms with Crippen molar-refractivity contribution >= 4 is 21.4 Å². The molecule has 0 saturated carbocycles. The first-order chi connectivity index (χ1) is 16.0. The first-order valence-electron chi connectivity index (χ1n) is 11.0. The molecule has 0 bridgehead atoms. The summed E-state index contributed by atoms with van der Waals surface area (Å²) >= 11 is 0. The number of sulfonamides is 1. The predicted molar refractivity (Wildman–Crippen MR) is 128 cm³/mol. The summed E-state index contributed by atoms with van der Waals surface area (Å²) in [5.41, 5.74) is 3.27. The smallest absolute Gasteiger partial charge is 0.262 e. The maximum Gasteiger partial charge on any atom is 0.262 e. The summed E-state index contributed by atoms with van der Waals surface area (Å²) in [6.45, 7) is 2.29. The van der Waals surface area contributed by atoms with Crippen LogP contribution in [0, 0.1) is 11.7 Å². The third-order valence-electron chi connectivity index (χ3n) is 6.30. The van der Waals surface area contributed by atoms with Crippen LogP contribution in [0.1, 0.15) is 36.4 Å². The summed E-state index contributed by atoms with van der Waals surface area (Å²) in [6.07, 6.45) is 5.16. The highest BCUT2D eigenvalue weighted by atomic mass is 32.2. The van der Waals surface area contributed by atoms with Crippen molar-refractivity contribution < 1.29 is 17.5 Å². The Morgan fingerprint density at radius 3 is 2.67 bits per heavy atom. The van der Waals surface area contributed by atoms with Crippen molar-refractivity contribution in [3.63, 3.8) is 0 Å². The zero-order chi connectivity index (χ0) is 23.0. The molecule has 33 heavy (non-hydrogen) atoms. The number of para-hydroxylation sites is 2. The van der Waals surface area contributed by atoms with Crippen LogP contribution in [-0.2, 0) is 10.0 Å². The molecule has 0 aromatic heterocycles. The number of ether oxygens (including phenoxy) is 1. The minimum Gasteiger partial charge on any atom is -0.492 e. The second-order valence-electron chi connectivity index (χ2n) is 8.31. The van der Waals surface area contributed by atoms with Gasteiger partial charge in [0.25, 0.3) is 10.0 Å². The molecule has 0 saturated heterocycles. The first kappa shape index (κ1) is 21.5. The fourth-order valence-corrected chi connectivity index (χ4v) is 5.88. The molecule has 0 amide bonds. The molecule has 0 spiro atoms. The van der Waals surface area contributed by atoms with E-state index in [2.05, 4.69) is 22.2 Å². The monoisotopic (exact) mass is 464 g/mol. The fraction of sp³-hybridized carbons (Fsp3) is 0.231. The van der Waals surface area contributed by atoms with Crippen LogP contribution in [0.2, 0.25) is 0 Å². The van der Waals surface area contributed by atoms with Gasteiger partial charge in [-0.1, -0.05) is 36.4 Å². The third kappa shape index (κ3) is 4.09. The number of rotatable bonds is 6. The second-order valence-corrected chi connectivity index (χ2v) is 9.99. The van der Waals surface area contributed by atoms with Gasteiger partial charge in [0.2, 0.25) is 0 Å². The molecule has 3 aromatic rings. The molecule has 1 aliphatic carbocycles. The number of benzene rings is 3. The minimum atomic E-state index is -3.81. The van der Waals surface area contributed by atoms with Crippen molar-refractivity contribution in [3.05, 3.63) is 95.8 Å². The standard InChI is InChI=1S/C26H25FN2O3S/c1-2-32-25-9-4-3-8-24(25)29-33(30,31)19-14-15-23-22(16-19)20-6-5-7-21(20)26(28-23)17-10-12-18(27)13-11-17/h3-6,8-16,20-21,26,28-29H,2,7H2,1H3/t20-,21+,26+/m0/s1. The van der Waals surface area contributed by atoms with Crippen molar-refractivity contribution in [1.29, 1.82) is 0 Å². The van der Waals surface area contributed by atoms with E-state index < -0.39 is 10.0 Å². The van der Waals surface area contributed by atoms with Gasteiger partial charge in [-0.25, -0.2) is 12.8 Å². The molecule has 0 fully saturated rings. The summed E-state index contributed by atoms with van der Waals surface area (Å²) in [5, 5.41) is 3.56. The topological polar surface area (TPSA) is 67.4 Å². The molecular weight excluding hydrogens is 439 g/mol. The van der Waals surface area contributed by atoms with Crippen LogP contribution >= 0.6 is 0 Å². The highest BCUT2D eigenvalue weighted by Crippen LogP contribution is 2.50. The van der Waals surface area contributed by atoms with E-state index in [1.54, 1.807) is 36.4 Å². The van der Waals surface area contributed by atoms with Gasteiger partial charge < -0.3 is 10.1 Å². The van der Waals surface area contributed by atoms with Crippen LogP contribution in [0.5, 0.6) is 5.75 Å². The molecule has 0 unspecified atom stereocenters. The highest BCUT2D eigenvalue weighted by molar-refractivity contribution is 7.92. The summed E-state index contributed by atoms with van der Waals surface area (Å²) in [7, 11) is -3.81. The summed E-state index contributed by atoms with van der Waals surface area (Å²) in [4.78, 5) is 0.202. The van der Waals surface area contributed by atoms with Gasteiger partial charge in [-0.3, -0.25) is 4.72 Å². The Labute approximate surface area is 193 Å². The van der Waals surface area contributed by atoms with Crippen molar-refractivity contribution in [2.75, 3.05) is 16.6 Å². The van der Waals surface area contributed by atoms with Crippen molar-refractivity contribution in [1.82, 2.24) is 0 Å². The van der Waals surface area contributed by atoms with Crippen LogP contribution in [-0.4, -0.2) is 15.0 Å². The van der Waals surface area contributed by atoms with Gasteiger partial charge in [-0.2, -0.15) is 0 Å². The molecule has 3 atom stereocenters. The minimum absolute atomic E-state index is 0.0248. The van der Waals surface area contributed by atoms with Gasteiger partial charge in [0.05, 0.1) is 23.2 Å². The Bertz CT molecular complexity index is 1310. The van der Waals surface area contributed by atoms with Crippen molar-refractivity contribution in [3.8, 4) is 5.75 Å². The molecule has 7 heteroatoms. The van der Waals surface area contributed by atoms with Crippen LogP contribution in [0.3, 0.4) is 0 Å². The lowest BCUT2D eigenvalue weighted by molar-refractivity contribution is 0.342. The second kappa shape index (κ2) is 8.56. The summed E-state index contributed by atoms with van der Waals surface area (Å²) in [6, 6.07) is 18.8. The molecule has 2 N–H and O–H groups in total. The maximum absolute atomic E-state index is 13.4. The number of anilines is 2. The summed E-state index contributed by atoms with van der Waals surface area (Å²) in [5.74, 6) is 0.545. The average molecular weight is 465 g/mol. The lowest BCUT2D eigenvalue weighted by atomic mass is 9.77. The lowest BCUT2D eigenvalue weighted by Gasteiger charge is -2.37. The van der Waals surface area contributed by atoms with Gasteiger partial charge in [0.1, 0.15) is 11.6 Å². The fourth-order valence-electron chi connectivity index (χ4n) is 4.78. The number of hydrogen-bond acceptors (Lipinski definition) is 4. The number of fused-ring (bicyclic) bond motifs is 3. The van der Waals surface area contributed by atoms with E-state index in [4.69, 9.17) is 4.74 Å². The molecule has 5 nitrogen and oxygen atoms in total. The third-order valence-corrected chi connectivity index (χ3v) is 7.67. The van der Waals surface area contributed by atoms with Gasteiger partial charge in [0, 0.05) is 11.6 Å². The van der Waals surface area contributed by atoms with Gasteiger partial charge >= 0.3 is 0 Å². The molecule has 170 valence electrons. The van der Waals surface area contributed by atoms with Crippen LogP contribution in [0.25, 0.3) is 0 Å². The molecule has 2 aliphatic rings. The Morgan fingerprint density at radius 1 is 1.09 bits per heavy atom. The molecule has 0 radical (unpaired) electrons. The SMILES string of the molecule is CCOc1ccccc1NS(=O)(=O)c1ccc2c(c1)[C@H]1C=CC[C@H]1[C@@H](c1ccc(F)cc1)N2. The predicted octanol–water partition coefficient (Wildman–Crippen LogP) is 5.85. The summed E-state index contributed by atoms with van der Waals surface area (Å²) < 4.78 is 48.1. The van der Waals surface area contributed by atoms with Crippen LogP contribution in [0.4, 0.5) is 15.8 Å². The van der Waals surface area contributed by atoms with Gasteiger partial charge in [0.15, 0.2) is 0 Å². The van der Waals surface area contributed by atoms with Crippen molar-refractivity contribution in [2.24, 2.45) is 5.92 Å². The Kier molecular flexibility index (Phi) is 5.58. The molecule has 1 heterocycles.